The molecule has 0 bridgehead atoms. The minimum absolute atomic E-state index is 0.0362. The summed E-state index contributed by atoms with van der Waals surface area (Å²) < 4.78 is 1.74. The van der Waals surface area contributed by atoms with E-state index in [0.29, 0.717) is 37.7 Å². The molecule has 0 aromatic carbocycles. The normalized spacial score (nSPS) is 16.2. The fourth-order valence-electron chi connectivity index (χ4n) is 2.87. The number of hydrogen-bond acceptors (Lipinski definition) is 3. The maximum atomic E-state index is 12.5. The summed E-state index contributed by atoms with van der Waals surface area (Å²) in [6.45, 7) is 5.96. The number of amides is 1. The molecule has 0 aliphatic carbocycles. The van der Waals surface area contributed by atoms with Crippen molar-refractivity contribution in [1.82, 2.24) is 14.7 Å². The highest BCUT2D eigenvalue weighted by Crippen LogP contribution is 2.23. The maximum Gasteiger partial charge on any atom is 0.303 e. The zero-order chi connectivity index (χ0) is 15.4. The molecule has 1 amide bonds. The largest absolute Gasteiger partial charge is 0.481 e. The predicted molar refractivity (Wildman–Crippen MR) is 78.1 cm³/mol. The lowest BCUT2D eigenvalue weighted by atomic mass is 9.92. The summed E-state index contributed by atoms with van der Waals surface area (Å²) in [6.07, 6.45) is 2.71. The molecule has 116 valence electrons. The third kappa shape index (κ3) is 3.83. The van der Waals surface area contributed by atoms with E-state index in [1.807, 2.05) is 24.8 Å². The molecular formula is C15H23N3O3. The molecule has 2 rings (SSSR count). The zero-order valence-electron chi connectivity index (χ0n) is 12.7. The molecular weight excluding hydrogens is 270 g/mol. The van der Waals surface area contributed by atoms with Gasteiger partial charge in [-0.3, -0.25) is 14.3 Å². The van der Waals surface area contributed by atoms with E-state index < -0.39 is 5.97 Å². The van der Waals surface area contributed by atoms with Gasteiger partial charge in [0, 0.05) is 26.1 Å². The number of rotatable bonds is 5. The fraction of sp³-hybridized carbons (Fsp3) is 0.667. The first-order chi connectivity index (χ1) is 10.0. The molecule has 21 heavy (non-hydrogen) atoms. The Balaban J connectivity index is 1.92. The van der Waals surface area contributed by atoms with E-state index in [0.717, 1.165) is 18.5 Å². The number of carbonyl (C=O) groups excluding carboxylic acids is 1. The van der Waals surface area contributed by atoms with Crippen LogP contribution in [0.15, 0.2) is 6.07 Å². The van der Waals surface area contributed by atoms with Gasteiger partial charge in [0.05, 0.1) is 5.69 Å². The third-order valence-electron chi connectivity index (χ3n) is 4.09. The number of carboxylic acid groups (broad SMARTS) is 1. The lowest BCUT2D eigenvalue weighted by Gasteiger charge is -2.31. The quantitative estimate of drug-likeness (QED) is 0.900. The molecule has 1 aliphatic rings. The zero-order valence-corrected chi connectivity index (χ0v) is 12.7. The predicted octanol–water partition coefficient (Wildman–Crippen LogP) is 1.93. The van der Waals surface area contributed by atoms with Crippen LogP contribution < -0.4 is 0 Å². The van der Waals surface area contributed by atoms with Crippen LogP contribution in [0.5, 0.6) is 0 Å². The third-order valence-corrected chi connectivity index (χ3v) is 4.09. The molecule has 1 aliphatic heterocycles. The summed E-state index contributed by atoms with van der Waals surface area (Å²) in [7, 11) is 0. The second kappa shape index (κ2) is 6.74. The number of aryl methyl sites for hydroxylation is 2. The fourth-order valence-corrected chi connectivity index (χ4v) is 2.87. The standard InChI is InChI=1S/C15H23N3O3/c1-3-18-13(10-11(2)16-18)15(21)17-8-6-12(7-9-17)4-5-14(19)20/h10,12H,3-9H2,1-2H3,(H,19,20). The molecule has 0 unspecified atom stereocenters. The molecule has 6 heteroatoms. The number of aliphatic carboxylic acids is 1. The van der Waals surface area contributed by atoms with Gasteiger partial charge in [-0.1, -0.05) is 0 Å². The van der Waals surface area contributed by atoms with E-state index in [1.165, 1.54) is 0 Å². The number of carbonyl (C=O) groups is 2. The van der Waals surface area contributed by atoms with Gasteiger partial charge in [0.2, 0.25) is 0 Å². The van der Waals surface area contributed by atoms with Crippen LogP contribution in [0.4, 0.5) is 0 Å². The first kappa shape index (κ1) is 15.5. The van der Waals surface area contributed by atoms with Crippen LogP contribution in [0.3, 0.4) is 0 Å². The van der Waals surface area contributed by atoms with Gasteiger partial charge in [-0.25, -0.2) is 0 Å². The molecule has 0 radical (unpaired) electrons. The van der Waals surface area contributed by atoms with Crippen molar-refractivity contribution in [3.05, 3.63) is 17.5 Å². The van der Waals surface area contributed by atoms with Gasteiger partial charge < -0.3 is 10.0 Å². The van der Waals surface area contributed by atoms with Gasteiger partial charge in [-0.2, -0.15) is 5.10 Å². The lowest BCUT2D eigenvalue weighted by molar-refractivity contribution is -0.137. The molecule has 6 nitrogen and oxygen atoms in total. The molecule has 1 aromatic rings. The van der Waals surface area contributed by atoms with Crippen LogP contribution in [0.1, 0.15) is 48.8 Å². The molecule has 1 saturated heterocycles. The monoisotopic (exact) mass is 293 g/mol. The van der Waals surface area contributed by atoms with Crippen molar-refractivity contribution >= 4 is 11.9 Å². The van der Waals surface area contributed by atoms with Crippen LogP contribution >= 0.6 is 0 Å². The second-order valence-electron chi connectivity index (χ2n) is 5.65. The molecule has 1 N–H and O–H groups in total. The Kier molecular flexibility index (Phi) is 4.98. The Morgan fingerprint density at radius 3 is 2.62 bits per heavy atom. The van der Waals surface area contributed by atoms with E-state index >= 15 is 0 Å². The maximum absolute atomic E-state index is 12.5. The summed E-state index contributed by atoms with van der Waals surface area (Å²) in [5.41, 5.74) is 1.51. The van der Waals surface area contributed by atoms with Crippen molar-refractivity contribution < 1.29 is 14.7 Å². The first-order valence-corrected chi connectivity index (χ1v) is 7.56. The Bertz CT molecular complexity index is 516. The highest BCUT2D eigenvalue weighted by molar-refractivity contribution is 5.92. The number of nitrogens with zero attached hydrogens (tertiary/aromatic N) is 3. The summed E-state index contributed by atoms with van der Waals surface area (Å²) in [5.74, 6) is -0.284. The summed E-state index contributed by atoms with van der Waals surface area (Å²) in [5, 5.41) is 13.0. The molecule has 2 heterocycles. The van der Waals surface area contributed by atoms with Crippen molar-refractivity contribution in [3.8, 4) is 0 Å². The van der Waals surface area contributed by atoms with Crippen LogP contribution in [0.2, 0.25) is 0 Å². The van der Waals surface area contributed by atoms with Crippen molar-refractivity contribution in [2.75, 3.05) is 13.1 Å². The van der Waals surface area contributed by atoms with Gasteiger partial charge in [0.15, 0.2) is 0 Å². The highest BCUT2D eigenvalue weighted by Gasteiger charge is 2.26. The second-order valence-corrected chi connectivity index (χ2v) is 5.65. The Labute approximate surface area is 124 Å². The number of aromatic nitrogens is 2. The lowest BCUT2D eigenvalue weighted by Crippen LogP contribution is -2.39. The Morgan fingerprint density at radius 2 is 2.05 bits per heavy atom. The number of likely N-dealkylation sites (tertiary alicyclic amines) is 1. The van der Waals surface area contributed by atoms with Crippen LogP contribution in [-0.2, 0) is 11.3 Å². The molecule has 1 aromatic heterocycles. The van der Waals surface area contributed by atoms with Crippen molar-refractivity contribution in [3.63, 3.8) is 0 Å². The average molecular weight is 293 g/mol. The highest BCUT2D eigenvalue weighted by atomic mass is 16.4. The van der Waals surface area contributed by atoms with Crippen LogP contribution in [-0.4, -0.2) is 44.8 Å². The molecule has 0 atom stereocenters. The number of piperidine rings is 1. The van der Waals surface area contributed by atoms with E-state index in [2.05, 4.69) is 5.10 Å². The van der Waals surface area contributed by atoms with Gasteiger partial charge in [-0.15, -0.1) is 0 Å². The number of carboxylic acids is 1. The van der Waals surface area contributed by atoms with Crippen molar-refractivity contribution in [2.45, 2.75) is 46.1 Å². The van der Waals surface area contributed by atoms with E-state index in [-0.39, 0.29) is 12.3 Å². The summed E-state index contributed by atoms with van der Waals surface area (Å²) in [6, 6.07) is 1.84. The van der Waals surface area contributed by atoms with Gasteiger partial charge in [0.25, 0.3) is 5.91 Å². The average Bonchev–Trinajstić information content (AvgIpc) is 2.86. The summed E-state index contributed by atoms with van der Waals surface area (Å²) >= 11 is 0. The van der Waals surface area contributed by atoms with Crippen LogP contribution in [0.25, 0.3) is 0 Å². The Morgan fingerprint density at radius 1 is 1.38 bits per heavy atom. The smallest absolute Gasteiger partial charge is 0.303 e. The van der Waals surface area contributed by atoms with Crippen LogP contribution in [0, 0.1) is 12.8 Å². The molecule has 1 fully saturated rings. The number of hydrogen-bond donors (Lipinski definition) is 1. The van der Waals surface area contributed by atoms with E-state index in [4.69, 9.17) is 5.11 Å². The first-order valence-electron chi connectivity index (χ1n) is 7.56. The summed E-state index contributed by atoms with van der Waals surface area (Å²) in [4.78, 5) is 25.0. The van der Waals surface area contributed by atoms with Gasteiger partial charge in [0.1, 0.15) is 5.69 Å². The van der Waals surface area contributed by atoms with Crippen molar-refractivity contribution in [2.24, 2.45) is 5.92 Å². The van der Waals surface area contributed by atoms with Gasteiger partial charge in [-0.05, 0) is 45.1 Å². The van der Waals surface area contributed by atoms with E-state index in [9.17, 15) is 9.59 Å². The minimum atomic E-state index is -0.740. The van der Waals surface area contributed by atoms with Gasteiger partial charge >= 0.3 is 5.97 Å². The Hall–Kier alpha value is -1.85. The SMILES string of the molecule is CCn1nc(C)cc1C(=O)N1CCC(CCC(=O)O)CC1. The topological polar surface area (TPSA) is 75.4 Å². The van der Waals surface area contributed by atoms with Crippen molar-refractivity contribution in [1.29, 1.82) is 0 Å². The van der Waals surface area contributed by atoms with E-state index in [1.54, 1.807) is 4.68 Å². The molecule has 0 saturated carbocycles. The minimum Gasteiger partial charge on any atom is -0.481 e. The molecule has 0 spiro atoms.